The number of nitriles is 1. The standard InChI is InChI=1S/C31H28N2O7/c1-15-9-16(2)26-17(3)28(39-23(26)10-15)31(34)38-19-7-8-20-22(13-19)40-30(33)21(14-32)27(20)18-11-24(35-4)29(37-6)25(12-18)36-5/h7-13,27H,33H2,1-6H3. The molecule has 9 heteroatoms. The zero-order valence-electron chi connectivity index (χ0n) is 23.0. The zero-order valence-corrected chi connectivity index (χ0v) is 23.0. The highest BCUT2D eigenvalue weighted by Crippen LogP contribution is 2.47. The first-order valence-corrected chi connectivity index (χ1v) is 12.4. The summed E-state index contributed by atoms with van der Waals surface area (Å²) in [5.41, 5.74) is 11.1. The number of nitrogens with zero attached hydrogens (tertiary/aromatic N) is 1. The number of ether oxygens (including phenoxy) is 5. The van der Waals surface area contributed by atoms with Crippen molar-refractivity contribution in [3.8, 4) is 34.8 Å². The molecule has 1 aromatic heterocycles. The molecule has 0 radical (unpaired) electrons. The number of carbonyl (C=O) groups is 1. The Bertz CT molecular complexity index is 1720. The maximum Gasteiger partial charge on any atom is 0.379 e. The van der Waals surface area contributed by atoms with Gasteiger partial charge in [-0.1, -0.05) is 12.1 Å². The SMILES string of the molecule is COc1cc(C2C(C#N)=C(N)Oc3cc(OC(=O)c4oc5cc(C)cc(C)c5c4C)ccc32)cc(OC)c1OC. The summed E-state index contributed by atoms with van der Waals surface area (Å²) in [6.07, 6.45) is 0. The van der Waals surface area contributed by atoms with Crippen LogP contribution in [0.15, 0.2) is 58.3 Å². The van der Waals surface area contributed by atoms with Crippen LogP contribution in [0.3, 0.4) is 0 Å². The summed E-state index contributed by atoms with van der Waals surface area (Å²) in [5.74, 6) is 0.683. The molecule has 1 aliphatic rings. The van der Waals surface area contributed by atoms with Crippen molar-refractivity contribution in [1.82, 2.24) is 0 Å². The Hall–Kier alpha value is -5.10. The van der Waals surface area contributed by atoms with Crippen molar-refractivity contribution in [2.24, 2.45) is 5.73 Å². The smallest absolute Gasteiger partial charge is 0.379 e. The fourth-order valence-electron chi connectivity index (χ4n) is 5.25. The van der Waals surface area contributed by atoms with Crippen LogP contribution in [0.4, 0.5) is 0 Å². The maximum atomic E-state index is 13.1. The Morgan fingerprint density at radius 2 is 1.68 bits per heavy atom. The van der Waals surface area contributed by atoms with Crippen LogP contribution in [-0.2, 0) is 0 Å². The lowest BCUT2D eigenvalue weighted by atomic mass is 9.83. The van der Waals surface area contributed by atoms with Crippen molar-refractivity contribution >= 4 is 16.9 Å². The molecule has 0 saturated heterocycles. The molecule has 40 heavy (non-hydrogen) atoms. The van der Waals surface area contributed by atoms with Gasteiger partial charge >= 0.3 is 5.97 Å². The normalized spacial score (nSPS) is 14.3. The average molecular weight is 541 g/mol. The number of methoxy groups -OCH3 is 3. The average Bonchev–Trinajstić information content (AvgIpc) is 3.27. The van der Waals surface area contributed by atoms with E-state index in [2.05, 4.69) is 6.07 Å². The van der Waals surface area contributed by atoms with E-state index in [4.69, 9.17) is 33.8 Å². The van der Waals surface area contributed by atoms with Crippen molar-refractivity contribution in [1.29, 1.82) is 5.26 Å². The molecular formula is C31H28N2O7. The van der Waals surface area contributed by atoms with Gasteiger partial charge in [0.25, 0.3) is 0 Å². The van der Waals surface area contributed by atoms with Crippen LogP contribution in [0.5, 0.6) is 28.7 Å². The van der Waals surface area contributed by atoms with Crippen LogP contribution in [0.2, 0.25) is 0 Å². The molecule has 0 fully saturated rings. The molecule has 204 valence electrons. The largest absolute Gasteiger partial charge is 0.493 e. The number of hydrogen-bond donors (Lipinski definition) is 1. The van der Waals surface area contributed by atoms with E-state index < -0.39 is 11.9 Å². The highest BCUT2D eigenvalue weighted by atomic mass is 16.6. The van der Waals surface area contributed by atoms with Gasteiger partial charge in [0, 0.05) is 22.6 Å². The monoisotopic (exact) mass is 540 g/mol. The predicted molar refractivity (Wildman–Crippen MR) is 147 cm³/mol. The molecule has 9 nitrogen and oxygen atoms in total. The maximum absolute atomic E-state index is 13.1. The third-order valence-electron chi connectivity index (χ3n) is 6.98. The van der Waals surface area contributed by atoms with Crippen LogP contribution in [0.1, 0.15) is 44.3 Å². The van der Waals surface area contributed by atoms with Crippen molar-refractivity contribution in [2.75, 3.05) is 21.3 Å². The molecule has 5 rings (SSSR count). The second-order valence-electron chi connectivity index (χ2n) is 9.48. The minimum absolute atomic E-state index is 0.0591. The molecular weight excluding hydrogens is 512 g/mol. The van der Waals surface area contributed by atoms with Gasteiger partial charge in [0.15, 0.2) is 11.5 Å². The number of fused-ring (bicyclic) bond motifs is 2. The fraction of sp³-hybridized carbons (Fsp3) is 0.226. The number of nitrogens with two attached hydrogens (primary N) is 1. The van der Waals surface area contributed by atoms with Crippen molar-refractivity contribution < 1.29 is 32.9 Å². The van der Waals surface area contributed by atoms with Crippen LogP contribution in [-0.4, -0.2) is 27.3 Å². The van der Waals surface area contributed by atoms with E-state index in [1.807, 2.05) is 32.9 Å². The van der Waals surface area contributed by atoms with Gasteiger partial charge in [-0.25, -0.2) is 4.79 Å². The van der Waals surface area contributed by atoms with Gasteiger partial charge in [-0.2, -0.15) is 5.26 Å². The van der Waals surface area contributed by atoms with Crippen LogP contribution in [0, 0.1) is 32.1 Å². The summed E-state index contributed by atoms with van der Waals surface area (Å²) >= 11 is 0. The van der Waals surface area contributed by atoms with E-state index in [-0.39, 0.29) is 23.0 Å². The lowest BCUT2D eigenvalue weighted by Gasteiger charge is -2.27. The summed E-state index contributed by atoms with van der Waals surface area (Å²) in [6, 6.07) is 14.5. The number of rotatable bonds is 6. The molecule has 0 saturated carbocycles. The Balaban J connectivity index is 1.53. The Labute approximate surface area is 231 Å². The lowest BCUT2D eigenvalue weighted by Crippen LogP contribution is -2.21. The molecule has 4 aromatic rings. The minimum Gasteiger partial charge on any atom is -0.493 e. The summed E-state index contributed by atoms with van der Waals surface area (Å²) in [7, 11) is 4.54. The molecule has 1 atom stereocenters. The molecule has 0 aliphatic carbocycles. The van der Waals surface area contributed by atoms with Crippen LogP contribution in [0.25, 0.3) is 11.0 Å². The highest BCUT2D eigenvalue weighted by Gasteiger charge is 2.33. The van der Waals surface area contributed by atoms with Gasteiger partial charge in [0.1, 0.15) is 28.7 Å². The second kappa shape index (κ2) is 10.2. The van der Waals surface area contributed by atoms with E-state index in [1.165, 1.54) is 21.3 Å². The van der Waals surface area contributed by atoms with Crippen LogP contribution >= 0.6 is 0 Å². The van der Waals surface area contributed by atoms with Gasteiger partial charge < -0.3 is 33.8 Å². The minimum atomic E-state index is -0.635. The zero-order chi connectivity index (χ0) is 28.7. The fourth-order valence-corrected chi connectivity index (χ4v) is 5.25. The van der Waals surface area contributed by atoms with E-state index in [0.29, 0.717) is 45.3 Å². The predicted octanol–water partition coefficient (Wildman–Crippen LogP) is 5.82. The number of aryl methyl sites for hydroxylation is 3. The lowest BCUT2D eigenvalue weighted by molar-refractivity contribution is 0.0702. The number of esters is 1. The first kappa shape index (κ1) is 26.5. The molecule has 2 heterocycles. The number of allylic oxidation sites excluding steroid dienone is 1. The van der Waals surface area contributed by atoms with Crippen LogP contribution < -0.4 is 29.4 Å². The molecule has 0 bridgehead atoms. The van der Waals surface area contributed by atoms with Gasteiger partial charge in [0.2, 0.25) is 17.4 Å². The second-order valence-corrected chi connectivity index (χ2v) is 9.48. The highest BCUT2D eigenvalue weighted by molar-refractivity contribution is 5.98. The van der Waals surface area contributed by atoms with E-state index in [0.717, 1.165) is 16.5 Å². The first-order chi connectivity index (χ1) is 19.2. The van der Waals surface area contributed by atoms with E-state index >= 15 is 0 Å². The molecule has 0 spiro atoms. The van der Waals surface area contributed by atoms with E-state index in [9.17, 15) is 10.1 Å². The van der Waals surface area contributed by atoms with Crippen molar-refractivity contribution in [3.63, 3.8) is 0 Å². The Morgan fingerprint density at radius 3 is 2.30 bits per heavy atom. The quantitative estimate of drug-likeness (QED) is 0.238. The summed E-state index contributed by atoms with van der Waals surface area (Å²) in [5, 5.41) is 10.9. The summed E-state index contributed by atoms with van der Waals surface area (Å²) in [6.45, 7) is 5.78. The molecule has 0 amide bonds. The Morgan fingerprint density at radius 1 is 0.975 bits per heavy atom. The van der Waals surface area contributed by atoms with E-state index in [1.54, 1.807) is 30.3 Å². The topological polar surface area (TPSA) is 126 Å². The number of hydrogen-bond acceptors (Lipinski definition) is 9. The van der Waals surface area contributed by atoms with Gasteiger partial charge in [0.05, 0.1) is 27.2 Å². The third kappa shape index (κ3) is 4.33. The summed E-state index contributed by atoms with van der Waals surface area (Å²) in [4.78, 5) is 13.1. The Kier molecular flexibility index (Phi) is 6.78. The summed E-state index contributed by atoms with van der Waals surface area (Å²) < 4.78 is 33.8. The van der Waals surface area contributed by atoms with Crippen molar-refractivity contribution in [2.45, 2.75) is 26.7 Å². The molecule has 1 unspecified atom stereocenters. The number of carbonyl (C=O) groups excluding carboxylic acids is 1. The molecule has 3 aromatic carbocycles. The molecule has 2 N–H and O–H groups in total. The van der Waals surface area contributed by atoms with Gasteiger partial charge in [-0.05, 0) is 61.7 Å². The molecule has 1 aliphatic heterocycles. The van der Waals surface area contributed by atoms with Gasteiger partial charge in [-0.3, -0.25) is 0 Å². The number of benzene rings is 3. The van der Waals surface area contributed by atoms with Gasteiger partial charge in [-0.15, -0.1) is 0 Å². The van der Waals surface area contributed by atoms with Crippen molar-refractivity contribution in [3.05, 3.63) is 87.5 Å². The first-order valence-electron chi connectivity index (χ1n) is 12.4. The third-order valence-corrected chi connectivity index (χ3v) is 6.98. The number of furan rings is 1.